The van der Waals surface area contributed by atoms with Gasteiger partial charge in [-0.15, -0.1) is 0 Å². The Balaban J connectivity index is 2.00. The first-order valence-corrected chi connectivity index (χ1v) is 7.79. The van der Waals surface area contributed by atoms with Gasteiger partial charge in [-0.05, 0) is 48.4 Å². The highest BCUT2D eigenvalue weighted by Crippen LogP contribution is 2.24. The van der Waals surface area contributed by atoms with E-state index < -0.39 is 11.6 Å². The first kappa shape index (κ1) is 18.2. The van der Waals surface area contributed by atoms with Gasteiger partial charge in [-0.2, -0.15) is 0 Å². The van der Waals surface area contributed by atoms with Crippen molar-refractivity contribution in [1.29, 1.82) is 0 Å². The summed E-state index contributed by atoms with van der Waals surface area (Å²) in [6.45, 7) is 0.314. The number of rotatable bonds is 6. The number of ether oxygens (including phenoxy) is 1. The van der Waals surface area contributed by atoms with Crippen LogP contribution in [-0.2, 0) is 17.8 Å². The smallest absolute Gasteiger partial charge is 0.222 e. The number of hydrogen-bond donors (Lipinski definition) is 0. The minimum Gasteiger partial charge on any atom is -0.496 e. The van der Waals surface area contributed by atoms with Crippen LogP contribution in [-0.4, -0.2) is 25.0 Å². The average Bonchev–Trinajstić information content (AvgIpc) is 2.55. The maximum Gasteiger partial charge on any atom is 0.222 e. The third-order valence-corrected chi connectivity index (χ3v) is 3.93. The van der Waals surface area contributed by atoms with Crippen molar-refractivity contribution in [2.24, 2.45) is 0 Å². The van der Waals surface area contributed by atoms with E-state index >= 15 is 0 Å². The quantitative estimate of drug-likeness (QED) is 0.778. The van der Waals surface area contributed by atoms with Crippen molar-refractivity contribution in [3.8, 4) is 5.75 Å². The van der Waals surface area contributed by atoms with Gasteiger partial charge in [0.2, 0.25) is 5.91 Å². The Hall–Kier alpha value is -2.14. The molecule has 0 saturated carbocycles. The van der Waals surface area contributed by atoms with Crippen LogP contribution in [0, 0.1) is 11.6 Å². The minimum atomic E-state index is -0.518. The van der Waals surface area contributed by atoms with Crippen molar-refractivity contribution in [3.63, 3.8) is 0 Å². The van der Waals surface area contributed by atoms with Crippen molar-refractivity contribution in [2.75, 3.05) is 14.2 Å². The largest absolute Gasteiger partial charge is 0.496 e. The maximum absolute atomic E-state index is 13.6. The normalized spacial score (nSPS) is 10.5. The van der Waals surface area contributed by atoms with E-state index in [4.69, 9.17) is 16.3 Å². The molecule has 0 atom stereocenters. The molecule has 0 aliphatic rings. The van der Waals surface area contributed by atoms with Gasteiger partial charge in [-0.25, -0.2) is 8.78 Å². The van der Waals surface area contributed by atoms with Crippen LogP contribution in [0.25, 0.3) is 0 Å². The molecule has 24 heavy (non-hydrogen) atoms. The van der Waals surface area contributed by atoms with Crippen molar-refractivity contribution in [2.45, 2.75) is 19.4 Å². The summed E-state index contributed by atoms with van der Waals surface area (Å²) in [5.41, 5.74) is 0.967. The summed E-state index contributed by atoms with van der Waals surface area (Å²) < 4.78 is 32.0. The highest BCUT2D eigenvalue weighted by Gasteiger charge is 2.14. The van der Waals surface area contributed by atoms with E-state index in [1.165, 1.54) is 4.90 Å². The van der Waals surface area contributed by atoms with Crippen LogP contribution in [0.3, 0.4) is 0 Å². The molecule has 6 heteroatoms. The summed E-state index contributed by atoms with van der Waals surface area (Å²) >= 11 is 5.97. The summed E-state index contributed by atoms with van der Waals surface area (Å²) in [6.07, 6.45) is 0.221. The molecule has 2 aromatic carbocycles. The molecular weight excluding hydrogens is 336 g/mol. The lowest BCUT2D eigenvalue weighted by atomic mass is 10.1. The van der Waals surface area contributed by atoms with Gasteiger partial charge < -0.3 is 9.64 Å². The standard InChI is InChI=1S/C18H18ClF2NO2/c1-22(11-13-9-14(19)4-7-17(13)24-2)18(23)8-3-12-10-15(20)5-6-16(12)21/h4-7,9-10H,3,8,11H2,1-2H3. The minimum absolute atomic E-state index is 0.0831. The Morgan fingerprint density at radius 2 is 1.92 bits per heavy atom. The zero-order valence-electron chi connectivity index (χ0n) is 13.5. The van der Waals surface area contributed by atoms with Gasteiger partial charge in [0.05, 0.1) is 7.11 Å². The molecule has 2 aromatic rings. The molecule has 0 aromatic heterocycles. The number of carbonyl (C=O) groups excluding carboxylic acids is 1. The zero-order valence-corrected chi connectivity index (χ0v) is 14.2. The summed E-state index contributed by atoms with van der Waals surface area (Å²) in [5, 5.41) is 0.550. The van der Waals surface area contributed by atoms with E-state index in [1.54, 1.807) is 32.4 Å². The van der Waals surface area contributed by atoms with Crippen LogP contribution in [0.2, 0.25) is 5.02 Å². The molecule has 0 spiro atoms. The molecule has 0 heterocycles. The highest BCUT2D eigenvalue weighted by atomic mass is 35.5. The molecule has 0 unspecified atom stereocenters. The number of aryl methyl sites for hydroxylation is 1. The van der Waals surface area contributed by atoms with Gasteiger partial charge >= 0.3 is 0 Å². The fourth-order valence-corrected chi connectivity index (χ4v) is 2.58. The summed E-state index contributed by atoms with van der Waals surface area (Å²) in [4.78, 5) is 13.7. The van der Waals surface area contributed by atoms with Crippen LogP contribution in [0.4, 0.5) is 8.78 Å². The van der Waals surface area contributed by atoms with Crippen LogP contribution >= 0.6 is 11.6 Å². The molecule has 2 rings (SSSR count). The average molecular weight is 354 g/mol. The zero-order chi connectivity index (χ0) is 17.7. The van der Waals surface area contributed by atoms with Crippen molar-refractivity contribution in [1.82, 2.24) is 4.90 Å². The van der Waals surface area contributed by atoms with Gasteiger partial charge in [0, 0.05) is 30.6 Å². The third-order valence-electron chi connectivity index (χ3n) is 3.69. The Kier molecular flexibility index (Phi) is 6.15. The molecule has 0 radical (unpaired) electrons. The molecule has 0 aliphatic heterocycles. The molecule has 0 bridgehead atoms. The molecule has 0 saturated heterocycles. The topological polar surface area (TPSA) is 29.5 Å². The first-order valence-electron chi connectivity index (χ1n) is 7.41. The number of benzene rings is 2. The van der Waals surface area contributed by atoms with E-state index in [-0.39, 0.29) is 24.3 Å². The molecule has 0 fully saturated rings. The van der Waals surface area contributed by atoms with Crippen molar-refractivity contribution >= 4 is 17.5 Å². The van der Waals surface area contributed by atoms with E-state index in [2.05, 4.69) is 0 Å². The lowest BCUT2D eigenvalue weighted by molar-refractivity contribution is -0.130. The molecule has 1 amide bonds. The van der Waals surface area contributed by atoms with Crippen LogP contribution < -0.4 is 4.74 Å². The van der Waals surface area contributed by atoms with Gasteiger partial charge in [-0.1, -0.05) is 11.6 Å². The van der Waals surface area contributed by atoms with E-state index in [0.29, 0.717) is 17.3 Å². The second-order valence-electron chi connectivity index (χ2n) is 5.44. The Morgan fingerprint density at radius 1 is 1.17 bits per heavy atom. The number of hydrogen-bond acceptors (Lipinski definition) is 2. The molecule has 0 N–H and O–H groups in total. The lowest BCUT2D eigenvalue weighted by Crippen LogP contribution is -2.26. The first-order chi connectivity index (χ1) is 11.4. The summed E-state index contributed by atoms with van der Waals surface area (Å²) in [7, 11) is 3.19. The summed E-state index contributed by atoms with van der Waals surface area (Å²) in [5.74, 6) is -0.574. The predicted molar refractivity (Wildman–Crippen MR) is 89.2 cm³/mol. The Bertz CT molecular complexity index is 737. The maximum atomic E-state index is 13.6. The van der Waals surface area contributed by atoms with Gasteiger partial charge in [-0.3, -0.25) is 4.79 Å². The fraction of sp³-hybridized carbons (Fsp3) is 0.278. The SMILES string of the molecule is COc1ccc(Cl)cc1CN(C)C(=O)CCc1cc(F)ccc1F. The number of halogens is 3. The van der Waals surface area contributed by atoms with Crippen molar-refractivity contribution < 1.29 is 18.3 Å². The second kappa shape index (κ2) is 8.11. The third kappa shape index (κ3) is 4.68. The van der Waals surface area contributed by atoms with Crippen LogP contribution in [0.15, 0.2) is 36.4 Å². The molecule has 128 valence electrons. The van der Waals surface area contributed by atoms with Crippen LogP contribution in [0.1, 0.15) is 17.5 Å². The van der Waals surface area contributed by atoms with Crippen molar-refractivity contribution in [3.05, 3.63) is 64.2 Å². The monoisotopic (exact) mass is 353 g/mol. The lowest BCUT2D eigenvalue weighted by Gasteiger charge is -2.19. The Labute approximate surface area is 144 Å². The fourth-order valence-electron chi connectivity index (χ4n) is 2.38. The van der Waals surface area contributed by atoms with Gasteiger partial charge in [0.15, 0.2) is 0 Å². The highest BCUT2D eigenvalue weighted by molar-refractivity contribution is 6.30. The van der Waals surface area contributed by atoms with Gasteiger partial charge in [0.1, 0.15) is 17.4 Å². The summed E-state index contributed by atoms with van der Waals surface area (Å²) in [6, 6.07) is 8.41. The second-order valence-corrected chi connectivity index (χ2v) is 5.88. The van der Waals surface area contributed by atoms with E-state index in [9.17, 15) is 13.6 Å². The Morgan fingerprint density at radius 3 is 2.62 bits per heavy atom. The predicted octanol–water partition coefficient (Wildman–Crippen LogP) is 4.22. The number of carbonyl (C=O) groups is 1. The van der Waals surface area contributed by atoms with E-state index in [1.807, 2.05) is 0 Å². The number of amides is 1. The molecule has 0 aliphatic carbocycles. The van der Waals surface area contributed by atoms with Gasteiger partial charge in [0.25, 0.3) is 0 Å². The van der Waals surface area contributed by atoms with E-state index in [0.717, 1.165) is 23.8 Å². The molecular formula is C18H18ClF2NO2. The number of methoxy groups -OCH3 is 1. The van der Waals surface area contributed by atoms with Crippen LogP contribution in [0.5, 0.6) is 5.75 Å². The number of nitrogens with zero attached hydrogens (tertiary/aromatic N) is 1. The molecule has 3 nitrogen and oxygen atoms in total.